The molecule has 1 atom stereocenters. The lowest BCUT2D eigenvalue weighted by molar-refractivity contribution is -0.119. The molecule has 3 amide bonds. The summed E-state index contributed by atoms with van der Waals surface area (Å²) in [6, 6.07) is 4.54. The van der Waals surface area contributed by atoms with Crippen LogP contribution in [0.2, 0.25) is 0 Å². The van der Waals surface area contributed by atoms with Crippen molar-refractivity contribution in [2.45, 2.75) is 13.0 Å². The maximum atomic E-state index is 15.0. The highest BCUT2D eigenvalue weighted by Crippen LogP contribution is 2.29. The molecule has 2 aliphatic heterocycles. The summed E-state index contributed by atoms with van der Waals surface area (Å²) in [6.07, 6.45) is -1.10. The molecule has 2 fully saturated rings. The number of carbonyl (C=O) groups is 3. The minimum Gasteiger partial charge on any atom is -0.442 e. The molecule has 35 heavy (non-hydrogen) atoms. The Labute approximate surface area is 204 Å². The molecule has 186 valence electrons. The number of nitrogens with zero attached hydrogens (tertiary/aromatic N) is 4. The van der Waals surface area contributed by atoms with Crippen LogP contribution < -0.4 is 26.2 Å². The van der Waals surface area contributed by atoms with Crippen LogP contribution in [0.15, 0.2) is 23.6 Å². The molecule has 3 heterocycles. The third-order valence-corrected chi connectivity index (χ3v) is 6.33. The number of thiazole rings is 1. The summed E-state index contributed by atoms with van der Waals surface area (Å²) in [4.78, 5) is 45.0. The zero-order chi connectivity index (χ0) is 25.1. The lowest BCUT2D eigenvalue weighted by atomic mass is 10.2. The number of hydrogen-bond acceptors (Lipinski definition) is 8. The summed E-state index contributed by atoms with van der Waals surface area (Å²) in [5, 5.41) is 14.4. The van der Waals surface area contributed by atoms with Gasteiger partial charge in [-0.05, 0) is 18.2 Å². The molecule has 0 radical (unpaired) electrons. The maximum absolute atomic E-state index is 15.0. The molecule has 1 unspecified atom stereocenters. The topological polar surface area (TPSA) is 157 Å². The number of benzene rings is 1. The average Bonchev–Trinajstić information content (AvgIpc) is 3.43. The van der Waals surface area contributed by atoms with Crippen molar-refractivity contribution in [2.75, 3.05) is 54.4 Å². The number of nitrogens with one attached hydrogen (secondary N) is 3. The lowest BCUT2D eigenvalue weighted by Crippen LogP contribution is -2.49. The highest BCUT2D eigenvalue weighted by atomic mass is 32.1. The van der Waals surface area contributed by atoms with Crippen molar-refractivity contribution in [1.29, 1.82) is 5.41 Å². The second-order valence-electron chi connectivity index (χ2n) is 8.04. The molecule has 14 heteroatoms. The number of anilines is 3. The first-order chi connectivity index (χ1) is 16.7. The van der Waals surface area contributed by atoms with E-state index in [9.17, 15) is 18.8 Å². The number of guanidine groups is 1. The average molecular weight is 505 g/mol. The van der Waals surface area contributed by atoms with Crippen LogP contribution in [0.25, 0.3) is 0 Å². The van der Waals surface area contributed by atoms with Gasteiger partial charge in [-0.2, -0.15) is 0 Å². The maximum Gasteiger partial charge on any atom is 0.414 e. The summed E-state index contributed by atoms with van der Waals surface area (Å²) < 4.78 is 20.2. The Hall–Kier alpha value is -3.94. The fraction of sp³-hybridized carbons (Fsp3) is 0.381. The normalized spacial score (nSPS) is 17.8. The number of cyclic esters (lactones) is 1. The fourth-order valence-electron chi connectivity index (χ4n) is 3.87. The minimum atomic E-state index is -0.594. The number of carbonyl (C=O) groups excluding carboxylic acids is 3. The molecule has 2 aliphatic rings. The third kappa shape index (κ3) is 5.59. The van der Waals surface area contributed by atoms with Gasteiger partial charge in [0.2, 0.25) is 5.91 Å². The second kappa shape index (κ2) is 10.1. The van der Waals surface area contributed by atoms with Gasteiger partial charge in [-0.15, -0.1) is 11.3 Å². The van der Waals surface area contributed by atoms with E-state index in [0.29, 0.717) is 42.7 Å². The van der Waals surface area contributed by atoms with Gasteiger partial charge in [0.25, 0.3) is 5.91 Å². The van der Waals surface area contributed by atoms with Gasteiger partial charge in [0.1, 0.15) is 17.6 Å². The number of amides is 3. The summed E-state index contributed by atoms with van der Waals surface area (Å²) >= 11 is 1.18. The smallest absolute Gasteiger partial charge is 0.414 e. The predicted octanol–water partition coefficient (Wildman–Crippen LogP) is 1.01. The van der Waals surface area contributed by atoms with Gasteiger partial charge in [-0.25, -0.2) is 14.2 Å². The van der Waals surface area contributed by atoms with Crippen LogP contribution >= 0.6 is 11.3 Å². The number of ether oxygens (including phenoxy) is 1. The Balaban J connectivity index is 1.35. The molecule has 0 saturated carbocycles. The van der Waals surface area contributed by atoms with Crippen molar-refractivity contribution in [3.63, 3.8) is 0 Å². The highest BCUT2D eigenvalue weighted by molar-refractivity contribution is 7.14. The zero-order valence-electron chi connectivity index (χ0n) is 18.9. The molecule has 0 bridgehead atoms. The first-order valence-corrected chi connectivity index (χ1v) is 11.7. The molecule has 12 nitrogen and oxygen atoms in total. The number of nitrogens with two attached hydrogens (primary N) is 1. The van der Waals surface area contributed by atoms with E-state index < -0.39 is 18.0 Å². The second-order valence-corrected chi connectivity index (χ2v) is 8.90. The van der Waals surface area contributed by atoms with E-state index in [1.807, 2.05) is 4.90 Å². The van der Waals surface area contributed by atoms with E-state index in [1.165, 1.54) is 29.2 Å². The molecule has 4 rings (SSSR count). The Kier molecular flexibility index (Phi) is 7.00. The number of rotatable bonds is 6. The molecular weight excluding hydrogens is 479 g/mol. The molecule has 1 aromatic carbocycles. The Bertz CT molecular complexity index is 1150. The van der Waals surface area contributed by atoms with Crippen LogP contribution in [0.5, 0.6) is 0 Å². The van der Waals surface area contributed by atoms with Crippen LogP contribution in [0.4, 0.5) is 25.7 Å². The van der Waals surface area contributed by atoms with Gasteiger partial charge in [0.15, 0.2) is 11.1 Å². The van der Waals surface area contributed by atoms with Gasteiger partial charge >= 0.3 is 6.09 Å². The molecule has 0 aliphatic carbocycles. The zero-order valence-corrected chi connectivity index (χ0v) is 19.7. The third-order valence-electron chi connectivity index (χ3n) is 5.57. The number of halogens is 1. The summed E-state index contributed by atoms with van der Waals surface area (Å²) in [7, 11) is 0. The molecular formula is C21H25FN8O4S. The lowest BCUT2D eigenvalue weighted by Gasteiger charge is -2.36. The highest BCUT2D eigenvalue weighted by Gasteiger charge is 2.33. The molecule has 2 saturated heterocycles. The minimum absolute atomic E-state index is 0.191. The van der Waals surface area contributed by atoms with Gasteiger partial charge in [-0.3, -0.25) is 19.9 Å². The first-order valence-electron chi connectivity index (χ1n) is 10.8. The van der Waals surface area contributed by atoms with Crippen molar-refractivity contribution >= 4 is 51.7 Å². The van der Waals surface area contributed by atoms with E-state index in [4.69, 9.17) is 15.9 Å². The van der Waals surface area contributed by atoms with E-state index in [-0.39, 0.29) is 36.6 Å². The van der Waals surface area contributed by atoms with E-state index >= 15 is 0 Å². The fourth-order valence-corrected chi connectivity index (χ4v) is 4.57. The van der Waals surface area contributed by atoms with E-state index in [1.54, 1.807) is 22.4 Å². The summed E-state index contributed by atoms with van der Waals surface area (Å²) in [5.74, 6) is -1.21. The van der Waals surface area contributed by atoms with Crippen LogP contribution in [0.1, 0.15) is 17.4 Å². The SMILES string of the molecule is CC(=O)NCC1CN(c2ccc(N3CCN(C(=O)c4csc(NC(=N)N)n4)CC3)c(F)c2)C(=O)O1. The van der Waals surface area contributed by atoms with E-state index in [2.05, 4.69) is 15.6 Å². The van der Waals surface area contributed by atoms with Crippen LogP contribution in [0.3, 0.4) is 0 Å². The predicted molar refractivity (Wildman–Crippen MR) is 128 cm³/mol. The van der Waals surface area contributed by atoms with Gasteiger partial charge < -0.3 is 30.9 Å². The Morgan fingerprint density at radius 2 is 2.06 bits per heavy atom. The van der Waals surface area contributed by atoms with Crippen molar-refractivity contribution in [3.8, 4) is 0 Å². The van der Waals surface area contributed by atoms with Crippen LogP contribution in [-0.4, -0.2) is 79.1 Å². The largest absolute Gasteiger partial charge is 0.442 e. The van der Waals surface area contributed by atoms with Gasteiger partial charge in [0.05, 0.1) is 24.5 Å². The molecule has 2 aromatic rings. The first kappa shape index (κ1) is 24.2. The van der Waals surface area contributed by atoms with Crippen molar-refractivity contribution in [1.82, 2.24) is 15.2 Å². The van der Waals surface area contributed by atoms with Gasteiger partial charge in [-0.1, -0.05) is 0 Å². The Morgan fingerprint density at radius 3 is 2.71 bits per heavy atom. The molecule has 0 spiro atoms. The van der Waals surface area contributed by atoms with Crippen LogP contribution in [-0.2, 0) is 9.53 Å². The number of piperazine rings is 1. The van der Waals surface area contributed by atoms with Crippen molar-refractivity contribution < 1.29 is 23.5 Å². The van der Waals surface area contributed by atoms with Crippen LogP contribution in [0, 0.1) is 11.2 Å². The number of aromatic nitrogens is 1. The van der Waals surface area contributed by atoms with Crippen molar-refractivity contribution in [3.05, 3.63) is 35.1 Å². The monoisotopic (exact) mass is 504 g/mol. The Morgan fingerprint density at radius 1 is 1.31 bits per heavy atom. The molecule has 1 aromatic heterocycles. The summed E-state index contributed by atoms with van der Waals surface area (Å²) in [6.45, 7) is 3.40. The quantitative estimate of drug-likeness (QED) is 0.335. The van der Waals surface area contributed by atoms with E-state index in [0.717, 1.165) is 0 Å². The number of hydrogen-bond donors (Lipinski definition) is 4. The molecule has 5 N–H and O–H groups in total. The standard InChI is InChI=1S/C21H25FN8O4S/c1-12(31)25-9-14-10-30(21(33)34-14)13-2-3-17(15(22)8-13)28-4-6-29(7-5-28)18(32)16-11-35-20(26-16)27-19(23)24/h2-3,8,11,14H,4-7,9-10H2,1H3,(H,25,31)(H4,23,24,26,27). The van der Waals surface area contributed by atoms with Gasteiger partial charge in [0, 0.05) is 38.5 Å². The summed E-state index contributed by atoms with van der Waals surface area (Å²) in [5.41, 5.74) is 6.29. The van der Waals surface area contributed by atoms with Crippen molar-refractivity contribution in [2.24, 2.45) is 5.73 Å².